The Bertz CT molecular complexity index is 370. The molecule has 82 valence electrons. The third-order valence-electron chi connectivity index (χ3n) is 2.48. The number of hydrogen-bond donors (Lipinski definition) is 1. The molecule has 0 aliphatic rings. The second-order valence-corrected chi connectivity index (χ2v) is 4.15. The second-order valence-electron chi connectivity index (χ2n) is 4.15. The largest absolute Gasteiger partial charge is 0.280 e. The average Bonchev–Trinajstić information content (AvgIpc) is 2.16. The first-order valence-electron chi connectivity index (χ1n) is 5.06. The molecule has 15 heavy (non-hydrogen) atoms. The van der Waals surface area contributed by atoms with Crippen molar-refractivity contribution in [2.24, 2.45) is 5.84 Å². The number of carbonyl (C=O) groups is 1. The maximum atomic E-state index is 11.7. The fourth-order valence-corrected chi connectivity index (χ4v) is 1.42. The van der Waals surface area contributed by atoms with Gasteiger partial charge in [-0.2, -0.15) is 0 Å². The zero-order valence-corrected chi connectivity index (χ0v) is 9.74. The molecule has 0 unspecified atom stereocenters. The summed E-state index contributed by atoms with van der Waals surface area (Å²) in [5.74, 6) is 5.72. The Morgan fingerprint density at radius 2 is 2.00 bits per heavy atom. The fourth-order valence-electron chi connectivity index (χ4n) is 1.42. The maximum absolute atomic E-state index is 11.7. The van der Waals surface area contributed by atoms with Gasteiger partial charge in [0, 0.05) is 12.6 Å². The highest BCUT2D eigenvalue weighted by Gasteiger charge is 2.12. The molecule has 0 bridgehead atoms. The van der Waals surface area contributed by atoms with E-state index >= 15 is 0 Å². The fraction of sp³-hybridized carbons (Fsp3) is 0.417. The van der Waals surface area contributed by atoms with Crippen molar-refractivity contribution in [1.82, 2.24) is 5.01 Å². The topological polar surface area (TPSA) is 46.3 Å². The van der Waals surface area contributed by atoms with Gasteiger partial charge in [-0.3, -0.25) is 9.80 Å². The molecule has 0 radical (unpaired) electrons. The van der Waals surface area contributed by atoms with Crippen LogP contribution in [0.4, 0.5) is 0 Å². The van der Waals surface area contributed by atoms with Gasteiger partial charge in [-0.1, -0.05) is 26.0 Å². The van der Waals surface area contributed by atoms with Crippen LogP contribution >= 0.6 is 0 Å². The first-order chi connectivity index (χ1) is 6.93. The van der Waals surface area contributed by atoms with Crippen LogP contribution in [0.5, 0.6) is 0 Å². The minimum Gasteiger partial charge on any atom is -0.280 e. The highest BCUT2D eigenvalue weighted by molar-refractivity contribution is 5.95. The van der Waals surface area contributed by atoms with E-state index in [2.05, 4.69) is 13.8 Å². The van der Waals surface area contributed by atoms with Gasteiger partial charge in [0.2, 0.25) is 0 Å². The molecular formula is C12H18N2O. The van der Waals surface area contributed by atoms with E-state index in [1.54, 1.807) is 7.05 Å². The molecule has 3 nitrogen and oxygen atoms in total. The van der Waals surface area contributed by atoms with E-state index in [1.165, 1.54) is 0 Å². The van der Waals surface area contributed by atoms with Crippen LogP contribution in [0.1, 0.15) is 41.3 Å². The Morgan fingerprint density at radius 1 is 1.40 bits per heavy atom. The summed E-state index contributed by atoms with van der Waals surface area (Å²) in [6, 6.07) is 5.94. The van der Waals surface area contributed by atoms with E-state index in [9.17, 15) is 4.79 Å². The van der Waals surface area contributed by atoms with E-state index in [0.717, 1.165) is 16.1 Å². The lowest BCUT2D eigenvalue weighted by Crippen LogP contribution is -2.33. The number of amides is 1. The standard InChI is InChI=1S/C12H18N2O/c1-8(2)10-6-5-9(3)11(7-10)12(15)14(4)13/h5-8H,13H2,1-4H3. The van der Waals surface area contributed by atoms with Crippen LogP contribution in [-0.2, 0) is 0 Å². The molecule has 0 fully saturated rings. The first-order valence-corrected chi connectivity index (χ1v) is 5.06. The van der Waals surface area contributed by atoms with Crippen LogP contribution in [0.25, 0.3) is 0 Å². The molecule has 0 saturated heterocycles. The molecule has 3 heteroatoms. The predicted molar refractivity (Wildman–Crippen MR) is 61.5 cm³/mol. The SMILES string of the molecule is Cc1ccc(C(C)C)cc1C(=O)N(C)N. The van der Waals surface area contributed by atoms with Crippen LogP contribution in [0.3, 0.4) is 0 Å². The molecule has 0 heterocycles. The smallest absolute Gasteiger partial charge is 0.267 e. The molecule has 2 N–H and O–H groups in total. The summed E-state index contributed by atoms with van der Waals surface area (Å²) in [7, 11) is 1.56. The van der Waals surface area contributed by atoms with Crippen molar-refractivity contribution in [3.8, 4) is 0 Å². The molecule has 0 saturated carbocycles. The number of hydrogen-bond acceptors (Lipinski definition) is 2. The maximum Gasteiger partial charge on any atom is 0.267 e. The summed E-state index contributed by atoms with van der Waals surface area (Å²) in [5, 5.41) is 1.12. The summed E-state index contributed by atoms with van der Waals surface area (Å²) >= 11 is 0. The predicted octanol–water partition coefficient (Wildman–Crippen LogP) is 2.06. The van der Waals surface area contributed by atoms with Gasteiger partial charge in [-0.25, -0.2) is 5.84 Å². The van der Waals surface area contributed by atoms with Crippen molar-refractivity contribution in [2.75, 3.05) is 7.05 Å². The lowest BCUT2D eigenvalue weighted by molar-refractivity contribution is 0.0794. The van der Waals surface area contributed by atoms with Crippen molar-refractivity contribution in [1.29, 1.82) is 0 Å². The Morgan fingerprint density at radius 3 is 2.47 bits per heavy atom. The van der Waals surface area contributed by atoms with Gasteiger partial charge in [-0.05, 0) is 30.0 Å². The summed E-state index contributed by atoms with van der Waals surface area (Å²) in [6.45, 7) is 6.12. The number of hydrazine groups is 1. The zero-order chi connectivity index (χ0) is 11.6. The van der Waals surface area contributed by atoms with Gasteiger partial charge >= 0.3 is 0 Å². The normalized spacial score (nSPS) is 10.5. The number of rotatable bonds is 2. The summed E-state index contributed by atoms with van der Waals surface area (Å²) < 4.78 is 0. The number of aryl methyl sites for hydroxylation is 1. The molecule has 0 aliphatic heterocycles. The van der Waals surface area contributed by atoms with Crippen LogP contribution in [0.2, 0.25) is 0 Å². The minimum atomic E-state index is -0.144. The minimum absolute atomic E-state index is 0.144. The number of nitrogens with two attached hydrogens (primary N) is 1. The number of benzene rings is 1. The van der Waals surface area contributed by atoms with Gasteiger partial charge in [0.15, 0.2) is 0 Å². The van der Waals surface area contributed by atoms with Gasteiger partial charge in [0.1, 0.15) is 0 Å². The first kappa shape index (κ1) is 11.7. The van der Waals surface area contributed by atoms with Gasteiger partial charge < -0.3 is 0 Å². The number of nitrogens with zero attached hydrogens (tertiary/aromatic N) is 1. The lowest BCUT2D eigenvalue weighted by Gasteiger charge is -2.14. The van der Waals surface area contributed by atoms with Gasteiger partial charge in [0.25, 0.3) is 5.91 Å². The van der Waals surface area contributed by atoms with Crippen LogP contribution in [0.15, 0.2) is 18.2 Å². The van der Waals surface area contributed by atoms with Gasteiger partial charge in [-0.15, -0.1) is 0 Å². The Hall–Kier alpha value is -1.35. The van der Waals surface area contributed by atoms with Crippen LogP contribution in [0, 0.1) is 6.92 Å². The van der Waals surface area contributed by atoms with Crippen LogP contribution in [-0.4, -0.2) is 18.0 Å². The highest BCUT2D eigenvalue weighted by Crippen LogP contribution is 2.19. The molecule has 0 aliphatic carbocycles. The summed E-state index contributed by atoms with van der Waals surface area (Å²) in [5.41, 5.74) is 2.80. The van der Waals surface area contributed by atoms with Crippen molar-refractivity contribution >= 4 is 5.91 Å². The molecule has 1 amide bonds. The quantitative estimate of drug-likeness (QED) is 0.457. The average molecular weight is 206 g/mol. The second kappa shape index (κ2) is 4.45. The van der Waals surface area contributed by atoms with Crippen molar-refractivity contribution in [3.05, 3.63) is 34.9 Å². The third kappa shape index (κ3) is 2.57. The highest BCUT2D eigenvalue weighted by atomic mass is 16.2. The molecular weight excluding hydrogens is 188 g/mol. The molecule has 1 aromatic rings. The lowest BCUT2D eigenvalue weighted by atomic mass is 9.97. The van der Waals surface area contributed by atoms with Crippen molar-refractivity contribution in [2.45, 2.75) is 26.7 Å². The van der Waals surface area contributed by atoms with E-state index in [0.29, 0.717) is 11.5 Å². The third-order valence-corrected chi connectivity index (χ3v) is 2.48. The summed E-state index contributed by atoms with van der Waals surface area (Å²) in [6.07, 6.45) is 0. The van der Waals surface area contributed by atoms with Crippen molar-refractivity contribution in [3.63, 3.8) is 0 Å². The molecule has 0 atom stereocenters. The van der Waals surface area contributed by atoms with Crippen molar-refractivity contribution < 1.29 is 4.79 Å². The van der Waals surface area contributed by atoms with E-state index < -0.39 is 0 Å². The van der Waals surface area contributed by atoms with Gasteiger partial charge in [0.05, 0.1) is 0 Å². The molecule has 0 spiro atoms. The monoisotopic (exact) mass is 206 g/mol. The van der Waals surface area contributed by atoms with E-state index in [4.69, 9.17) is 5.84 Å². The van der Waals surface area contributed by atoms with Crippen LogP contribution < -0.4 is 5.84 Å². The number of carbonyl (C=O) groups excluding carboxylic acids is 1. The molecule has 1 aromatic carbocycles. The Balaban J connectivity index is 3.16. The molecule has 0 aromatic heterocycles. The summed E-state index contributed by atoms with van der Waals surface area (Å²) in [4.78, 5) is 11.7. The van der Waals surface area contributed by atoms with E-state index in [1.807, 2.05) is 25.1 Å². The Labute approximate surface area is 90.9 Å². The zero-order valence-electron chi connectivity index (χ0n) is 9.74. The molecule has 1 rings (SSSR count). The Kier molecular flexibility index (Phi) is 3.48. The van der Waals surface area contributed by atoms with E-state index in [-0.39, 0.29) is 5.91 Å².